The Hall–Kier alpha value is -0.0800. The summed E-state index contributed by atoms with van der Waals surface area (Å²) >= 11 is 0. The molecule has 0 spiro atoms. The first-order chi connectivity index (χ1) is 7.98. The van der Waals surface area contributed by atoms with Gasteiger partial charge in [-0.3, -0.25) is 0 Å². The van der Waals surface area contributed by atoms with Gasteiger partial charge < -0.3 is 10.2 Å². The first-order valence-corrected chi connectivity index (χ1v) is 7.44. The van der Waals surface area contributed by atoms with Gasteiger partial charge in [0.25, 0.3) is 0 Å². The van der Waals surface area contributed by atoms with Crippen molar-refractivity contribution in [2.24, 2.45) is 11.3 Å². The van der Waals surface area contributed by atoms with Gasteiger partial charge in [0.2, 0.25) is 0 Å². The fraction of sp³-hybridized carbons (Fsp3) is 1.00. The summed E-state index contributed by atoms with van der Waals surface area (Å²) < 4.78 is 0. The molecule has 0 amide bonds. The van der Waals surface area contributed by atoms with Crippen LogP contribution in [0.4, 0.5) is 0 Å². The maximum Gasteiger partial charge on any atom is 0.00979 e. The van der Waals surface area contributed by atoms with Crippen LogP contribution in [-0.4, -0.2) is 37.1 Å². The van der Waals surface area contributed by atoms with E-state index in [-0.39, 0.29) is 0 Å². The molecule has 1 saturated carbocycles. The molecule has 1 N–H and O–H groups in total. The molecule has 1 aliphatic carbocycles. The molecule has 2 atom stereocenters. The molecule has 2 heteroatoms. The van der Waals surface area contributed by atoms with E-state index in [2.05, 4.69) is 44.8 Å². The second-order valence-electron chi connectivity index (χ2n) is 6.49. The minimum absolute atomic E-state index is 0.552. The molecule has 1 aliphatic rings. The first-order valence-electron chi connectivity index (χ1n) is 7.44. The zero-order chi connectivity index (χ0) is 12.9. The van der Waals surface area contributed by atoms with Gasteiger partial charge in [-0.25, -0.2) is 0 Å². The lowest BCUT2D eigenvalue weighted by Crippen LogP contribution is -2.34. The van der Waals surface area contributed by atoms with E-state index in [4.69, 9.17) is 0 Å². The molecule has 0 radical (unpaired) electrons. The molecule has 17 heavy (non-hydrogen) atoms. The molecule has 0 aromatic heterocycles. The summed E-state index contributed by atoms with van der Waals surface area (Å²) in [5, 5.41) is 3.76. The largest absolute Gasteiger partial charge is 0.314 e. The molecule has 2 unspecified atom stereocenters. The Balaban J connectivity index is 2.15. The zero-order valence-electron chi connectivity index (χ0n) is 12.6. The maximum absolute atomic E-state index is 3.76. The second-order valence-corrected chi connectivity index (χ2v) is 6.49. The highest BCUT2D eigenvalue weighted by Gasteiger charge is 2.35. The number of nitrogens with zero attached hydrogens (tertiary/aromatic N) is 1. The third-order valence-electron chi connectivity index (χ3n) is 4.29. The van der Waals surface area contributed by atoms with E-state index < -0.39 is 0 Å². The van der Waals surface area contributed by atoms with Crippen molar-refractivity contribution in [3.8, 4) is 0 Å². The van der Waals surface area contributed by atoms with Crippen molar-refractivity contribution in [3.05, 3.63) is 0 Å². The summed E-state index contributed by atoms with van der Waals surface area (Å²) in [4.78, 5) is 2.50. The fourth-order valence-electron chi connectivity index (χ4n) is 3.30. The van der Waals surface area contributed by atoms with Gasteiger partial charge in [-0.15, -0.1) is 0 Å². The van der Waals surface area contributed by atoms with E-state index in [1.807, 2.05) is 0 Å². The van der Waals surface area contributed by atoms with Gasteiger partial charge in [0.05, 0.1) is 0 Å². The molecule has 0 aromatic carbocycles. The normalized spacial score (nSPS) is 27.9. The Morgan fingerprint density at radius 1 is 1.18 bits per heavy atom. The van der Waals surface area contributed by atoms with Crippen LogP contribution >= 0.6 is 0 Å². The summed E-state index contributed by atoms with van der Waals surface area (Å²) in [7, 11) is 0. The first kappa shape index (κ1) is 15.0. The second kappa shape index (κ2) is 6.75. The summed E-state index contributed by atoms with van der Waals surface area (Å²) in [6.07, 6.45) is 4.01. The van der Waals surface area contributed by atoms with Gasteiger partial charge in [-0.2, -0.15) is 0 Å². The Morgan fingerprint density at radius 3 is 2.29 bits per heavy atom. The van der Waals surface area contributed by atoms with Crippen LogP contribution in [0.3, 0.4) is 0 Å². The van der Waals surface area contributed by atoms with Gasteiger partial charge in [-0.05, 0) is 56.8 Å². The molecule has 1 fully saturated rings. The van der Waals surface area contributed by atoms with Crippen LogP contribution in [0.1, 0.15) is 53.9 Å². The zero-order valence-corrected chi connectivity index (χ0v) is 12.6. The fourth-order valence-corrected chi connectivity index (χ4v) is 3.30. The molecule has 102 valence electrons. The predicted molar refractivity (Wildman–Crippen MR) is 76.4 cm³/mol. The lowest BCUT2D eigenvalue weighted by Gasteiger charge is -2.21. The number of rotatable bonds is 7. The third kappa shape index (κ3) is 4.97. The molecular formula is C15H32N2. The van der Waals surface area contributed by atoms with Crippen LogP contribution in [0.5, 0.6) is 0 Å². The van der Waals surface area contributed by atoms with Gasteiger partial charge >= 0.3 is 0 Å². The van der Waals surface area contributed by atoms with E-state index in [1.165, 1.54) is 45.4 Å². The quantitative estimate of drug-likeness (QED) is 0.688. The van der Waals surface area contributed by atoms with Crippen LogP contribution in [0.2, 0.25) is 0 Å². The lowest BCUT2D eigenvalue weighted by atomic mass is 9.91. The average molecular weight is 240 g/mol. The van der Waals surface area contributed by atoms with Gasteiger partial charge in [0.1, 0.15) is 0 Å². The topological polar surface area (TPSA) is 15.3 Å². The molecule has 0 bridgehead atoms. The molecular weight excluding hydrogens is 208 g/mol. The van der Waals surface area contributed by atoms with Gasteiger partial charge in [0, 0.05) is 6.04 Å². The maximum atomic E-state index is 3.76. The van der Waals surface area contributed by atoms with Crippen LogP contribution < -0.4 is 5.32 Å². The smallest absolute Gasteiger partial charge is 0.00979 e. The standard InChI is InChI=1S/C15H32N2/c1-6-17(7-2)10-8-9-16-14-12-15(4,5)11-13(14)3/h13-14,16H,6-12H2,1-5H3. The Bertz CT molecular complexity index is 209. The van der Waals surface area contributed by atoms with Crippen molar-refractivity contribution in [1.29, 1.82) is 0 Å². The summed E-state index contributed by atoms with van der Waals surface area (Å²) in [5.41, 5.74) is 0.552. The van der Waals surface area contributed by atoms with Gasteiger partial charge in [-0.1, -0.05) is 34.6 Å². The highest BCUT2D eigenvalue weighted by Crippen LogP contribution is 2.40. The van der Waals surface area contributed by atoms with E-state index >= 15 is 0 Å². The summed E-state index contributed by atoms with van der Waals surface area (Å²) in [6.45, 7) is 16.5. The Labute approximate surface area is 108 Å². The summed E-state index contributed by atoms with van der Waals surface area (Å²) in [6, 6.07) is 0.752. The minimum Gasteiger partial charge on any atom is -0.314 e. The molecule has 0 saturated heterocycles. The molecule has 0 aromatic rings. The van der Waals surface area contributed by atoms with Crippen molar-refractivity contribution in [1.82, 2.24) is 10.2 Å². The predicted octanol–water partition coefficient (Wildman–Crippen LogP) is 3.13. The monoisotopic (exact) mass is 240 g/mol. The Morgan fingerprint density at radius 2 is 1.82 bits per heavy atom. The molecule has 0 aliphatic heterocycles. The van der Waals surface area contributed by atoms with E-state index in [1.54, 1.807) is 0 Å². The number of nitrogens with one attached hydrogen (secondary N) is 1. The summed E-state index contributed by atoms with van der Waals surface area (Å²) in [5.74, 6) is 0.846. The van der Waals surface area contributed by atoms with Crippen molar-refractivity contribution in [3.63, 3.8) is 0 Å². The van der Waals surface area contributed by atoms with Crippen molar-refractivity contribution in [2.75, 3.05) is 26.2 Å². The molecule has 1 rings (SSSR count). The van der Waals surface area contributed by atoms with E-state index in [0.717, 1.165) is 12.0 Å². The SMILES string of the molecule is CCN(CC)CCCNC1CC(C)(C)CC1C. The van der Waals surface area contributed by atoms with Crippen LogP contribution in [-0.2, 0) is 0 Å². The van der Waals surface area contributed by atoms with Crippen LogP contribution in [0, 0.1) is 11.3 Å². The minimum atomic E-state index is 0.552. The molecule has 2 nitrogen and oxygen atoms in total. The highest BCUT2D eigenvalue weighted by atomic mass is 15.1. The Kier molecular flexibility index (Phi) is 5.94. The third-order valence-corrected chi connectivity index (χ3v) is 4.29. The number of hydrogen-bond donors (Lipinski definition) is 1. The average Bonchev–Trinajstić information content (AvgIpc) is 2.52. The molecule has 0 heterocycles. The van der Waals surface area contributed by atoms with E-state index in [0.29, 0.717) is 5.41 Å². The van der Waals surface area contributed by atoms with Crippen molar-refractivity contribution < 1.29 is 0 Å². The van der Waals surface area contributed by atoms with Crippen molar-refractivity contribution in [2.45, 2.75) is 59.9 Å². The van der Waals surface area contributed by atoms with Crippen LogP contribution in [0.15, 0.2) is 0 Å². The van der Waals surface area contributed by atoms with Crippen LogP contribution in [0.25, 0.3) is 0 Å². The lowest BCUT2D eigenvalue weighted by molar-refractivity contribution is 0.292. The number of hydrogen-bond acceptors (Lipinski definition) is 2. The highest BCUT2D eigenvalue weighted by molar-refractivity contribution is 4.90. The van der Waals surface area contributed by atoms with Gasteiger partial charge in [0.15, 0.2) is 0 Å². The van der Waals surface area contributed by atoms with Crippen molar-refractivity contribution >= 4 is 0 Å². The van der Waals surface area contributed by atoms with E-state index in [9.17, 15) is 0 Å².